The van der Waals surface area contributed by atoms with Gasteiger partial charge in [-0.15, -0.1) is 6.58 Å². The maximum absolute atomic E-state index is 11.2. The highest BCUT2D eigenvalue weighted by Gasteiger charge is 1.96. The van der Waals surface area contributed by atoms with Crippen LogP contribution in [0.15, 0.2) is 36.9 Å². The van der Waals surface area contributed by atoms with Crippen molar-refractivity contribution in [1.29, 1.82) is 0 Å². The predicted octanol–water partition coefficient (Wildman–Crippen LogP) is 2.77. The summed E-state index contributed by atoms with van der Waals surface area (Å²) in [6.07, 6.45) is 2.86. The zero-order valence-corrected chi connectivity index (χ0v) is 10.3. The van der Waals surface area contributed by atoms with Crippen LogP contribution in [0.1, 0.15) is 18.4 Å². The summed E-state index contributed by atoms with van der Waals surface area (Å²) >= 11 is 5.93. The van der Waals surface area contributed by atoms with Crippen molar-refractivity contribution < 1.29 is 4.79 Å². The van der Waals surface area contributed by atoms with Crippen molar-refractivity contribution in [2.24, 2.45) is 0 Å². The quantitative estimate of drug-likeness (QED) is 0.643. The third-order valence-corrected chi connectivity index (χ3v) is 2.38. The molecular formula is C14H14ClNO. The molecule has 17 heavy (non-hydrogen) atoms. The minimum absolute atomic E-state index is 0.0154. The Morgan fingerprint density at radius 3 is 2.94 bits per heavy atom. The summed E-state index contributed by atoms with van der Waals surface area (Å²) in [4.78, 5) is 11.2. The molecule has 0 saturated carbocycles. The highest BCUT2D eigenvalue weighted by atomic mass is 35.5. The Morgan fingerprint density at radius 2 is 2.24 bits per heavy atom. The summed E-state index contributed by atoms with van der Waals surface area (Å²) < 4.78 is 0. The van der Waals surface area contributed by atoms with E-state index in [4.69, 9.17) is 11.6 Å². The molecule has 0 fully saturated rings. The fraction of sp³-hybridized carbons (Fsp3) is 0.214. The van der Waals surface area contributed by atoms with Crippen LogP contribution in [0.3, 0.4) is 0 Å². The van der Waals surface area contributed by atoms with Crippen molar-refractivity contribution in [3.63, 3.8) is 0 Å². The molecule has 0 aromatic heterocycles. The molecule has 0 atom stereocenters. The van der Waals surface area contributed by atoms with E-state index in [1.165, 1.54) is 0 Å². The van der Waals surface area contributed by atoms with E-state index in [1.54, 1.807) is 12.1 Å². The largest absolute Gasteiger partial charge is 0.345 e. The number of rotatable bonds is 4. The first-order valence-corrected chi connectivity index (χ1v) is 5.73. The van der Waals surface area contributed by atoms with Crippen molar-refractivity contribution >= 4 is 17.5 Å². The van der Waals surface area contributed by atoms with E-state index in [1.807, 2.05) is 18.2 Å². The van der Waals surface area contributed by atoms with Crippen molar-refractivity contribution in [3.8, 4) is 11.8 Å². The Balaban J connectivity index is 2.39. The fourth-order valence-electron chi connectivity index (χ4n) is 1.17. The minimum Gasteiger partial charge on any atom is -0.345 e. The summed E-state index contributed by atoms with van der Waals surface area (Å²) in [6.45, 7) is 3.89. The molecule has 0 aliphatic carbocycles. The first-order valence-electron chi connectivity index (χ1n) is 5.35. The Labute approximate surface area is 107 Å². The lowest BCUT2D eigenvalue weighted by atomic mass is 10.2. The minimum atomic E-state index is -0.0154. The lowest BCUT2D eigenvalue weighted by Gasteiger charge is -1.98. The predicted molar refractivity (Wildman–Crippen MR) is 70.8 cm³/mol. The maximum atomic E-state index is 11.2. The summed E-state index contributed by atoms with van der Waals surface area (Å²) in [5, 5.41) is 3.33. The molecule has 1 amide bonds. The molecule has 1 aromatic carbocycles. The Kier molecular flexibility index (Phi) is 5.92. The van der Waals surface area contributed by atoms with Gasteiger partial charge in [-0.2, -0.15) is 0 Å². The summed E-state index contributed by atoms with van der Waals surface area (Å²) in [7, 11) is 0. The first kappa shape index (κ1) is 13.3. The highest BCUT2D eigenvalue weighted by molar-refractivity contribution is 6.31. The number of benzene rings is 1. The average molecular weight is 248 g/mol. The van der Waals surface area contributed by atoms with Gasteiger partial charge in [0.15, 0.2) is 0 Å². The lowest BCUT2D eigenvalue weighted by Crippen LogP contribution is -2.22. The van der Waals surface area contributed by atoms with Gasteiger partial charge in [-0.25, -0.2) is 0 Å². The molecule has 2 nitrogen and oxygen atoms in total. The maximum Gasteiger partial charge on any atom is 0.221 e. The summed E-state index contributed by atoms with van der Waals surface area (Å²) in [5.74, 6) is 5.75. The molecule has 0 radical (unpaired) electrons. The topological polar surface area (TPSA) is 29.1 Å². The molecule has 0 aliphatic rings. The van der Waals surface area contributed by atoms with Crippen LogP contribution in [0, 0.1) is 11.8 Å². The van der Waals surface area contributed by atoms with Gasteiger partial charge in [0.25, 0.3) is 0 Å². The molecule has 0 bridgehead atoms. The van der Waals surface area contributed by atoms with Gasteiger partial charge in [-0.1, -0.05) is 41.7 Å². The molecule has 1 N–H and O–H groups in total. The Hall–Kier alpha value is -1.72. The smallest absolute Gasteiger partial charge is 0.221 e. The van der Waals surface area contributed by atoms with Crippen molar-refractivity contribution in [2.45, 2.75) is 12.8 Å². The van der Waals surface area contributed by atoms with E-state index in [9.17, 15) is 4.79 Å². The Bertz CT molecular complexity index is 457. The number of carbonyl (C=O) groups excluding carboxylic acids is 1. The number of halogens is 1. The van der Waals surface area contributed by atoms with Crippen molar-refractivity contribution in [2.75, 3.05) is 6.54 Å². The van der Waals surface area contributed by atoms with E-state index in [2.05, 4.69) is 23.7 Å². The molecule has 1 rings (SSSR count). The van der Waals surface area contributed by atoms with E-state index < -0.39 is 0 Å². The summed E-state index contributed by atoms with van der Waals surface area (Å²) in [5.41, 5.74) is 0.773. The van der Waals surface area contributed by atoms with Crippen LogP contribution < -0.4 is 5.32 Å². The van der Waals surface area contributed by atoms with Crippen LogP contribution in [0.2, 0.25) is 5.02 Å². The van der Waals surface area contributed by atoms with Crippen LogP contribution in [0.5, 0.6) is 0 Å². The van der Waals surface area contributed by atoms with Gasteiger partial charge >= 0.3 is 0 Å². The zero-order valence-electron chi connectivity index (χ0n) is 9.50. The normalized spacial score (nSPS) is 9.00. The number of hydrogen-bond acceptors (Lipinski definition) is 1. The second kappa shape index (κ2) is 7.54. The van der Waals surface area contributed by atoms with E-state index in [-0.39, 0.29) is 5.91 Å². The number of allylic oxidation sites excluding steroid dienone is 1. The van der Waals surface area contributed by atoms with Gasteiger partial charge in [-0.05, 0) is 18.6 Å². The lowest BCUT2D eigenvalue weighted by molar-refractivity contribution is -0.120. The molecule has 0 unspecified atom stereocenters. The van der Waals surface area contributed by atoms with Crippen LogP contribution in [0.4, 0.5) is 0 Å². The van der Waals surface area contributed by atoms with Crippen molar-refractivity contribution in [3.05, 3.63) is 47.5 Å². The number of nitrogens with one attached hydrogen (secondary N) is 1. The van der Waals surface area contributed by atoms with Gasteiger partial charge in [0.05, 0.1) is 11.6 Å². The second-order valence-corrected chi connectivity index (χ2v) is 3.79. The SMILES string of the molecule is C=CCCC(=O)NCC#Cc1ccccc1Cl. The van der Waals surface area contributed by atoms with Gasteiger partial charge in [0.2, 0.25) is 5.91 Å². The first-order chi connectivity index (χ1) is 8.24. The number of carbonyl (C=O) groups is 1. The van der Waals surface area contributed by atoms with Crippen LogP contribution >= 0.6 is 11.6 Å². The van der Waals surface area contributed by atoms with Gasteiger partial charge < -0.3 is 5.32 Å². The number of hydrogen-bond donors (Lipinski definition) is 1. The molecule has 3 heteroatoms. The van der Waals surface area contributed by atoms with Gasteiger partial charge in [0, 0.05) is 12.0 Å². The van der Waals surface area contributed by atoms with E-state index >= 15 is 0 Å². The monoisotopic (exact) mass is 247 g/mol. The molecule has 0 spiro atoms. The van der Waals surface area contributed by atoms with Gasteiger partial charge in [0.1, 0.15) is 0 Å². The molecule has 0 heterocycles. The van der Waals surface area contributed by atoms with Crippen LogP contribution in [-0.2, 0) is 4.79 Å². The standard InChI is InChI=1S/C14H14ClNO/c1-2-3-10-14(17)16-11-6-8-12-7-4-5-9-13(12)15/h2,4-5,7,9H,1,3,10-11H2,(H,16,17). The van der Waals surface area contributed by atoms with E-state index in [0.717, 1.165) is 5.56 Å². The highest BCUT2D eigenvalue weighted by Crippen LogP contribution is 2.12. The molecular weight excluding hydrogens is 234 g/mol. The van der Waals surface area contributed by atoms with Gasteiger partial charge in [-0.3, -0.25) is 4.79 Å². The third kappa shape index (κ3) is 5.24. The van der Waals surface area contributed by atoms with Crippen LogP contribution in [0.25, 0.3) is 0 Å². The van der Waals surface area contributed by atoms with Crippen molar-refractivity contribution in [1.82, 2.24) is 5.32 Å². The number of amides is 1. The average Bonchev–Trinajstić information content (AvgIpc) is 2.34. The summed E-state index contributed by atoms with van der Waals surface area (Å²) in [6, 6.07) is 7.35. The zero-order chi connectivity index (χ0) is 12.5. The molecule has 88 valence electrons. The molecule has 0 aliphatic heterocycles. The van der Waals surface area contributed by atoms with Crippen LogP contribution in [-0.4, -0.2) is 12.5 Å². The van der Waals surface area contributed by atoms with E-state index in [0.29, 0.717) is 24.4 Å². The second-order valence-electron chi connectivity index (χ2n) is 3.39. The Morgan fingerprint density at radius 1 is 1.47 bits per heavy atom. The fourth-order valence-corrected chi connectivity index (χ4v) is 1.35. The molecule has 0 saturated heterocycles. The third-order valence-electron chi connectivity index (χ3n) is 2.05. The molecule has 1 aromatic rings.